The minimum atomic E-state index is 0.561. The SMILES string of the molecule is c1ccc(B2SSB(c3ccccc3)S2)cc1. The van der Waals surface area contributed by atoms with Crippen molar-refractivity contribution in [3.8, 4) is 0 Å². The lowest BCUT2D eigenvalue weighted by atomic mass is 9.91. The molecule has 0 aromatic heterocycles. The van der Waals surface area contributed by atoms with Gasteiger partial charge in [-0.3, -0.25) is 0 Å². The first kappa shape index (κ1) is 11.7. The van der Waals surface area contributed by atoms with Gasteiger partial charge >= 0.3 is 10.5 Å². The number of hydrogen-bond acceptors (Lipinski definition) is 3. The standard InChI is InChI=1S/C12H10B2S3/c1-3-7-11(8-4-1)13-15-14(17-16-13)12-9-5-2-6-10-12/h1-10H. The van der Waals surface area contributed by atoms with Gasteiger partial charge in [0.2, 0.25) is 0 Å². The Morgan fingerprint density at radius 2 is 1.00 bits per heavy atom. The molecule has 2 aromatic rings. The van der Waals surface area contributed by atoms with Crippen LogP contribution in [0.15, 0.2) is 60.7 Å². The molecule has 0 radical (unpaired) electrons. The molecule has 17 heavy (non-hydrogen) atoms. The number of hydrogen-bond donors (Lipinski definition) is 0. The molecule has 1 fully saturated rings. The van der Waals surface area contributed by atoms with Gasteiger partial charge in [-0.15, -0.1) is 21.3 Å². The highest BCUT2D eigenvalue weighted by atomic mass is 33.1. The molecule has 0 N–H and O–H groups in total. The Morgan fingerprint density at radius 1 is 0.588 bits per heavy atom. The molecule has 0 nitrogen and oxygen atoms in total. The maximum atomic E-state index is 2.22. The Morgan fingerprint density at radius 3 is 1.41 bits per heavy atom. The maximum Gasteiger partial charge on any atom is 0.309 e. The van der Waals surface area contributed by atoms with Gasteiger partial charge in [0.25, 0.3) is 0 Å². The van der Waals surface area contributed by atoms with Crippen molar-refractivity contribution in [2.75, 3.05) is 0 Å². The lowest BCUT2D eigenvalue weighted by molar-refractivity contribution is 1.77. The van der Waals surface area contributed by atoms with Crippen LogP contribution in [0.4, 0.5) is 0 Å². The van der Waals surface area contributed by atoms with Crippen molar-refractivity contribution in [3.63, 3.8) is 0 Å². The number of benzene rings is 2. The van der Waals surface area contributed by atoms with Crippen LogP contribution in [0.3, 0.4) is 0 Å². The summed E-state index contributed by atoms with van der Waals surface area (Å²) in [4.78, 5) is 0. The smallest absolute Gasteiger partial charge is 0.219 e. The second-order valence-corrected chi connectivity index (χ2v) is 8.11. The minimum absolute atomic E-state index is 0.561. The van der Waals surface area contributed by atoms with Crippen LogP contribution < -0.4 is 10.9 Å². The highest BCUT2D eigenvalue weighted by Crippen LogP contribution is 2.44. The van der Waals surface area contributed by atoms with Gasteiger partial charge in [0.05, 0.1) is 0 Å². The fourth-order valence-electron chi connectivity index (χ4n) is 1.75. The molecule has 0 bridgehead atoms. The van der Waals surface area contributed by atoms with E-state index in [-0.39, 0.29) is 0 Å². The van der Waals surface area contributed by atoms with Crippen molar-refractivity contribution in [3.05, 3.63) is 60.7 Å². The fourth-order valence-corrected chi connectivity index (χ4v) is 7.48. The highest BCUT2D eigenvalue weighted by molar-refractivity contribution is 9.13. The van der Waals surface area contributed by atoms with Crippen LogP contribution in [0.2, 0.25) is 0 Å². The monoisotopic (exact) mass is 272 g/mol. The summed E-state index contributed by atoms with van der Waals surface area (Å²) in [6, 6.07) is 21.5. The predicted molar refractivity (Wildman–Crippen MR) is 86.4 cm³/mol. The zero-order valence-corrected chi connectivity index (χ0v) is 11.6. The normalized spacial score (nSPS) is 15.3. The quantitative estimate of drug-likeness (QED) is 0.609. The van der Waals surface area contributed by atoms with Crippen molar-refractivity contribution in [1.29, 1.82) is 0 Å². The van der Waals surface area contributed by atoms with Gasteiger partial charge in [-0.2, -0.15) is 0 Å². The van der Waals surface area contributed by atoms with E-state index in [2.05, 4.69) is 60.7 Å². The van der Waals surface area contributed by atoms with Gasteiger partial charge in [-0.25, -0.2) is 11.5 Å². The first-order chi connectivity index (χ1) is 8.43. The highest BCUT2D eigenvalue weighted by Gasteiger charge is 2.35. The summed E-state index contributed by atoms with van der Waals surface area (Å²) in [5, 5.41) is 1.12. The van der Waals surface area contributed by atoms with Gasteiger partial charge in [-0.1, -0.05) is 71.6 Å². The van der Waals surface area contributed by atoms with Crippen LogP contribution in [0.5, 0.6) is 0 Å². The summed E-state index contributed by atoms with van der Waals surface area (Å²) < 4.78 is 0. The van der Waals surface area contributed by atoms with Crippen LogP contribution in [-0.4, -0.2) is 10.5 Å². The van der Waals surface area contributed by atoms with Crippen LogP contribution in [0.1, 0.15) is 0 Å². The second-order valence-electron chi connectivity index (χ2n) is 3.81. The third-order valence-corrected chi connectivity index (χ3v) is 8.13. The van der Waals surface area contributed by atoms with E-state index in [4.69, 9.17) is 0 Å². The van der Waals surface area contributed by atoms with Crippen molar-refractivity contribution in [2.24, 2.45) is 0 Å². The molecule has 2 aromatic carbocycles. The molecule has 1 aliphatic rings. The minimum Gasteiger partial charge on any atom is -0.219 e. The Bertz CT molecular complexity index is 432. The molecular weight excluding hydrogens is 262 g/mol. The number of rotatable bonds is 2. The average molecular weight is 272 g/mol. The summed E-state index contributed by atoms with van der Waals surface area (Å²) in [6.45, 7) is 0. The third kappa shape index (κ3) is 2.72. The topological polar surface area (TPSA) is 0 Å². The van der Waals surface area contributed by atoms with Gasteiger partial charge < -0.3 is 0 Å². The van der Waals surface area contributed by atoms with E-state index < -0.39 is 0 Å². The Kier molecular flexibility index (Phi) is 3.79. The molecule has 0 atom stereocenters. The fraction of sp³-hybridized carbons (Fsp3) is 0. The van der Waals surface area contributed by atoms with Gasteiger partial charge in [0, 0.05) is 0 Å². The molecule has 1 aliphatic heterocycles. The van der Waals surface area contributed by atoms with E-state index in [9.17, 15) is 0 Å². The third-order valence-electron chi connectivity index (χ3n) is 2.62. The van der Waals surface area contributed by atoms with Crippen molar-refractivity contribution >= 4 is 54.2 Å². The Balaban J connectivity index is 1.75. The van der Waals surface area contributed by atoms with Crippen molar-refractivity contribution in [1.82, 2.24) is 0 Å². The van der Waals surface area contributed by atoms with E-state index in [1.54, 1.807) is 0 Å². The average Bonchev–Trinajstić information content (AvgIpc) is 2.90. The summed E-state index contributed by atoms with van der Waals surface area (Å²) >= 11 is 2.04. The lowest BCUT2D eigenvalue weighted by Crippen LogP contribution is -2.26. The van der Waals surface area contributed by atoms with Crippen LogP contribution in [0, 0.1) is 0 Å². The van der Waals surface area contributed by atoms with Gasteiger partial charge in [0.1, 0.15) is 0 Å². The molecule has 5 heteroatoms. The van der Waals surface area contributed by atoms with E-state index in [0.717, 1.165) is 0 Å². The van der Waals surface area contributed by atoms with Crippen LogP contribution in [0.25, 0.3) is 0 Å². The Labute approximate surface area is 114 Å². The van der Waals surface area contributed by atoms with Crippen LogP contribution in [-0.2, 0) is 0 Å². The predicted octanol–water partition coefficient (Wildman–Crippen LogP) is 2.91. The second kappa shape index (κ2) is 5.51. The lowest BCUT2D eigenvalue weighted by Gasteiger charge is -2.05. The molecule has 0 aliphatic carbocycles. The first-order valence-electron chi connectivity index (χ1n) is 5.51. The first-order valence-corrected chi connectivity index (χ1v) is 8.73. The molecule has 1 saturated heterocycles. The zero-order chi connectivity index (χ0) is 11.5. The molecule has 0 unspecified atom stereocenters. The molecule has 1 heterocycles. The summed E-state index contributed by atoms with van der Waals surface area (Å²) in [7, 11) is 3.96. The molecule has 0 spiro atoms. The van der Waals surface area contributed by atoms with E-state index in [1.165, 1.54) is 10.9 Å². The van der Waals surface area contributed by atoms with Gasteiger partial charge in [0.15, 0.2) is 0 Å². The largest absolute Gasteiger partial charge is 0.309 e. The molecule has 0 saturated carbocycles. The molecule has 3 rings (SSSR count). The van der Waals surface area contributed by atoms with E-state index >= 15 is 0 Å². The Hall–Kier alpha value is -0.380. The van der Waals surface area contributed by atoms with E-state index in [1.807, 2.05) is 32.8 Å². The van der Waals surface area contributed by atoms with E-state index in [0.29, 0.717) is 10.5 Å². The molecule has 0 amide bonds. The molecular formula is C12H10B2S3. The van der Waals surface area contributed by atoms with Crippen LogP contribution >= 0.6 is 32.8 Å². The van der Waals surface area contributed by atoms with Crippen molar-refractivity contribution < 1.29 is 0 Å². The molecule has 82 valence electrons. The summed E-state index contributed by atoms with van der Waals surface area (Å²) in [5.74, 6) is 0. The van der Waals surface area contributed by atoms with Gasteiger partial charge in [-0.05, 0) is 0 Å². The van der Waals surface area contributed by atoms with Crippen molar-refractivity contribution in [2.45, 2.75) is 0 Å². The summed E-state index contributed by atoms with van der Waals surface area (Å²) in [6.07, 6.45) is 0. The zero-order valence-electron chi connectivity index (χ0n) is 9.15. The summed E-state index contributed by atoms with van der Waals surface area (Å²) in [5.41, 5.74) is 2.85. The maximum absolute atomic E-state index is 2.22.